The van der Waals surface area contributed by atoms with Crippen molar-refractivity contribution in [2.75, 3.05) is 13.1 Å². The Balaban J connectivity index is 1.84. The van der Waals surface area contributed by atoms with E-state index in [0.29, 0.717) is 0 Å². The van der Waals surface area contributed by atoms with Gasteiger partial charge in [-0.3, -0.25) is 9.69 Å². The van der Waals surface area contributed by atoms with Crippen molar-refractivity contribution in [2.24, 2.45) is 0 Å². The fourth-order valence-corrected chi connectivity index (χ4v) is 3.15. The zero-order valence-electron chi connectivity index (χ0n) is 13.4. The lowest BCUT2D eigenvalue weighted by atomic mass is 9.96. The number of rotatable bonds is 4. The Morgan fingerprint density at radius 1 is 1.05 bits per heavy atom. The first-order chi connectivity index (χ1) is 10.6. The molecule has 1 heterocycles. The first-order valence-corrected chi connectivity index (χ1v) is 8.07. The molecule has 2 heteroatoms. The molecule has 3 rings (SSSR count). The van der Waals surface area contributed by atoms with E-state index in [9.17, 15) is 4.79 Å². The molecule has 0 unspecified atom stereocenters. The molecule has 1 aliphatic rings. The van der Waals surface area contributed by atoms with E-state index in [1.807, 2.05) is 38.1 Å². The standard InChI is InChI=1S/C20H23NO/c1-15-8-9-16(2)19(12-15)20(22)18-7-5-6-17(13-18)14-21-10-3-4-11-21/h5-9,12-13H,3-4,10-11,14H2,1-2H3. The minimum Gasteiger partial charge on any atom is -0.299 e. The number of hydrogen-bond donors (Lipinski definition) is 0. The number of benzene rings is 2. The maximum atomic E-state index is 12.8. The van der Waals surface area contributed by atoms with Crippen LogP contribution in [-0.2, 0) is 6.54 Å². The first-order valence-electron chi connectivity index (χ1n) is 8.07. The molecule has 0 saturated carbocycles. The van der Waals surface area contributed by atoms with Gasteiger partial charge in [0.15, 0.2) is 5.78 Å². The van der Waals surface area contributed by atoms with E-state index in [-0.39, 0.29) is 5.78 Å². The van der Waals surface area contributed by atoms with Gasteiger partial charge in [0.25, 0.3) is 0 Å². The lowest BCUT2D eigenvalue weighted by Gasteiger charge is -2.15. The molecular weight excluding hydrogens is 270 g/mol. The average molecular weight is 293 g/mol. The summed E-state index contributed by atoms with van der Waals surface area (Å²) in [5.74, 6) is 0.129. The molecule has 114 valence electrons. The van der Waals surface area contributed by atoms with Crippen LogP contribution < -0.4 is 0 Å². The van der Waals surface area contributed by atoms with E-state index < -0.39 is 0 Å². The van der Waals surface area contributed by atoms with Crippen LogP contribution >= 0.6 is 0 Å². The van der Waals surface area contributed by atoms with Crippen molar-refractivity contribution >= 4 is 5.78 Å². The lowest BCUT2D eigenvalue weighted by Crippen LogP contribution is -2.18. The topological polar surface area (TPSA) is 20.3 Å². The van der Waals surface area contributed by atoms with Crippen molar-refractivity contribution in [3.05, 3.63) is 70.3 Å². The summed E-state index contributed by atoms with van der Waals surface area (Å²) in [5, 5.41) is 0. The van der Waals surface area contributed by atoms with E-state index in [1.165, 1.54) is 31.5 Å². The number of nitrogens with zero attached hydrogens (tertiary/aromatic N) is 1. The minimum atomic E-state index is 0.129. The summed E-state index contributed by atoms with van der Waals surface area (Å²) in [7, 11) is 0. The third-order valence-electron chi connectivity index (χ3n) is 4.43. The maximum absolute atomic E-state index is 12.8. The van der Waals surface area contributed by atoms with Gasteiger partial charge in [0.2, 0.25) is 0 Å². The average Bonchev–Trinajstić information content (AvgIpc) is 3.02. The van der Waals surface area contributed by atoms with E-state index in [2.05, 4.69) is 23.1 Å². The van der Waals surface area contributed by atoms with E-state index >= 15 is 0 Å². The number of ketones is 1. The molecule has 0 aliphatic carbocycles. The first kappa shape index (κ1) is 15.0. The molecule has 2 aromatic carbocycles. The summed E-state index contributed by atoms with van der Waals surface area (Å²) in [5.41, 5.74) is 5.02. The van der Waals surface area contributed by atoms with Gasteiger partial charge >= 0.3 is 0 Å². The maximum Gasteiger partial charge on any atom is 0.193 e. The molecule has 0 bridgehead atoms. The van der Waals surface area contributed by atoms with Crippen LogP contribution in [0.5, 0.6) is 0 Å². The summed E-state index contributed by atoms with van der Waals surface area (Å²) in [6, 6.07) is 14.2. The summed E-state index contributed by atoms with van der Waals surface area (Å²) in [6.45, 7) is 7.33. The molecule has 1 fully saturated rings. The quantitative estimate of drug-likeness (QED) is 0.790. The Labute approximate surface area is 132 Å². The molecule has 2 nitrogen and oxygen atoms in total. The summed E-state index contributed by atoms with van der Waals surface area (Å²) in [6.07, 6.45) is 2.59. The lowest BCUT2D eigenvalue weighted by molar-refractivity contribution is 0.103. The van der Waals surface area contributed by atoms with Crippen molar-refractivity contribution < 1.29 is 4.79 Å². The Morgan fingerprint density at radius 3 is 2.59 bits per heavy atom. The Kier molecular flexibility index (Phi) is 4.39. The van der Waals surface area contributed by atoms with Gasteiger partial charge in [-0.15, -0.1) is 0 Å². The second kappa shape index (κ2) is 6.45. The Hall–Kier alpha value is -1.93. The highest BCUT2D eigenvalue weighted by atomic mass is 16.1. The van der Waals surface area contributed by atoms with Gasteiger partial charge in [-0.2, -0.15) is 0 Å². The Bertz CT molecular complexity index is 684. The molecule has 0 amide bonds. The van der Waals surface area contributed by atoms with E-state index in [1.54, 1.807) is 0 Å². The number of carbonyl (C=O) groups is 1. The molecule has 2 aromatic rings. The van der Waals surface area contributed by atoms with Gasteiger partial charge in [0, 0.05) is 17.7 Å². The highest BCUT2D eigenvalue weighted by Crippen LogP contribution is 2.18. The van der Waals surface area contributed by atoms with Crippen molar-refractivity contribution in [3.8, 4) is 0 Å². The molecular formula is C20H23NO. The predicted molar refractivity (Wildman–Crippen MR) is 90.3 cm³/mol. The van der Waals surface area contributed by atoms with Crippen LogP contribution in [0, 0.1) is 13.8 Å². The fraction of sp³-hybridized carbons (Fsp3) is 0.350. The smallest absolute Gasteiger partial charge is 0.193 e. The third kappa shape index (κ3) is 3.28. The largest absolute Gasteiger partial charge is 0.299 e. The van der Waals surface area contributed by atoms with Gasteiger partial charge in [0.05, 0.1) is 0 Å². The normalized spacial score (nSPS) is 15.2. The third-order valence-corrected chi connectivity index (χ3v) is 4.43. The number of carbonyl (C=O) groups excluding carboxylic acids is 1. The van der Waals surface area contributed by atoms with Gasteiger partial charge < -0.3 is 0 Å². The van der Waals surface area contributed by atoms with Crippen LogP contribution in [-0.4, -0.2) is 23.8 Å². The fourth-order valence-electron chi connectivity index (χ4n) is 3.15. The number of hydrogen-bond acceptors (Lipinski definition) is 2. The van der Waals surface area contributed by atoms with Crippen molar-refractivity contribution in [3.63, 3.8) is 0 Å². The Morgan fingerprint density at radius 2 is 1.82 bits per heavy atom. The van der Waals surface area contributed by atoms with Crippen molar-refractivity contribution in [1.29, 1.82) is 0 Å². The molecule has 0 aromatic heterocycles. The van der Waals surface area contributed by atoms with Crippen molar-refractivity contribution in [1.82, 2.24) is 4.90 Å². The van der Waals surface area contributed by atoms with Gasteiger partial charge in [0.1, 0.15) is 0 Å². The number of likely N-dealkylation sites (tertiary alicyclic amines) is 1. The van der Waals surface area contributed by atoms with E-state index in [0.717, 1.165) is 28.8 Å². The van der Waals surface area contributed by atoms with Crippen LogP contribution in [0.3, 0.4) is 0 Å². The number of aryl methyl sites for hydroxylation is 2. The summed E-state index contributed by atoms with van der Waals surface area (Å²) >= 11 is 0. The van der Waals surface area contributed by atoms with Crippen LogP contribution in [0.15, 0.2) is 42.5 Å². The molecule has 1 aliphatic heterocycles. The molecule has 0 spiro atoms. The highest BCUT2D eigenvalue weighted by Gasteiger charge is 2.15. The van der Waals surface area contributed by atoms with Crippen molar-refractivity contribution in [2.45, 2.75) is 33.2 Å². The van der Waals surface area contributed by atoms with Crippen LogP contribution in [0.2, 0.25) is 0 Å². The van der Waals surface area contributed by atoms with Gasteiger partial charge in [-0.05, 0) is 63.0 Å². The molecule has 0 N–H and O–H groups in total. The molecule has 0 atom stereocenters. The molecule has 0 radical (unpaired) electrons. The zero-order valence-corrected chi connectivity index (χ0v) is 13.4. The second-order valence-corrected chi connectivity index (χ2v) is 6.33. The summed E-state index contributed by atoms with van der Waals surface area (Å²) < 4.78 is 0. The zero-order chi connectivity index (χ0) is 15.5. The van der Waals surface area contributed by atoms with Crippen LogP contribution in [0.25, 0.3) is 0 Å². The molecule has 22 heavy (non-hydrogen) atoms. The second-order valence-electron chi connectivity index (χ2n) is 6.33. The highest BCUT2D eigenvalue weighted by molar-refractivity contribution is 6.10. The monoisotopic (exact) mass is 293 g/mol. The minimum absolute atomic E-state index is 0.129. The van der Waals surface area contributed by atoms with Gasteiger partial charge in [-0.25, -0.2) is 0 Å². The predicted octanol–water partition coefficient (Wildman–Crippen LogP) is 4.13. The van der Waals surface area contributed by atoms with Crippen LogP contribution in [0.4, 0.5) is 0 Å². The van der Waals surface area contributed by atoms with Crippen LogP contribution in [0.1, 0.15) is 45.5 Å². The summed E-state index contributed by atoms with van der Waals surface area (Å²) in [4.78, 5) is 15.3. The van der Waals surface area contributed by atoms with E-state index in [4.69, 9.17) is 0 Å². The SMILES string of the molecule is Cc1ccc(C)c(C(=O)c2cccc(CN3CCCC3)c2)c1. The van der Waals surface area contributed by atoms with Gasteiger partial charge in [-0.1, -0.05) is 35.9 Å². The molecule has 1 saturated heterocycles.